The number of nitrogens with zero attached hydrogens (tertiary/aromatic N) is 2. The van der Waals surface area contributed by atoms with Crippen molar-refractivity contribution >= 4 is 17.4 Å². The first-order chi connectivity index (χ1) is 14.1. The Morgan fingerprint density at radius 2 is 1.79 bits per heavy atom. The second kappa shape index (κ2) is 8.26. The van der Waals surface area contributed by atoms with Crippen LogP contribution in [0.25, 0.3) is 0 Å². The molecule has 0 bridgehead atoms. The minimum atomic E-state index is -0.432. The zero-order valence-corrected chi connectivity index (χ0v) is 16.6. The molecule has 29 heavy (non-hydrogen) atoms. The number of aromatic nitrogens is 1. The predicted octanol–water partition coefficient (Wildman–Crippen LogP) is 2.69. The molecule has 1 aromatic heterocycles. The molecule has 1 aromatic carbocycles. The lowest BCUT2D eigenvalue weighted by molar-refractivity contribution is -0.169. The van der Waals surface area contributed by atoms with Crippen molar-refractivity contribution in [2.45, 2.75) is 18.6 Å². The molecule has 1 N–H and O–H groups in total. The maximum absolute atomic E-state index is 12.7. The van der Waals surface area contributed by atoms with Crippen molar-refractivity contribution in [3.05, 3.63) is 42.1 Å². The van der Waals surface area contributed by atoms with Crippen molar-refractivity contribution in [1.82, 2.24) is 4.98 Å². The minimum Gasteiger partial charge on any atom is -0.493 e. The molecular weight excluding hydrogens is 374 g/mol. The fourth-order valence-electron chi connectivity index (χ4n) is 3.71. The van der Waals surface area contributed by atoms with Gasteiger partial charge in [-0.1, -0.05) is 0 Å². The van der Waals surface area contributed by atoms with E-state index in [0.717, 1.165) is 31.7 Å². The average Bonchev–Trinajstić information content (AvgIpc) is 3.22. The van der Waals surface area contributed by atoms with Crippen LogP contribution in [-0.2, 0) is 9.47 Å². The number of rotatable bonds is 5. The smallest absolute Gasteiger partial charge is 0.255 e. The van der Waals surface area contributed by atoms with Crippen molar-refractivity contribution in [3.8, 4) is 11.5 Å². The summed E-state index contributed by atoms with van der Waals surface area (Å²) in [4.78, 5) is 19.3. The molecular formula is C21H25N3O5. The van der Waals surface area contributed by atoms with E-state index in [1.807, 2.05) is 6.07 Å². The molecule has 1 amide bonds. The number of carbonyl (C=O) groups is 1. The summed E-state index contributed by atoms with van der Waals surface area (Å²) in [6, 6.07) is 8.76. The molecule has 0 atom stereocenters. The van der Waals surface area contributed by atoms with E-state index < -0.39 is 5.79 Å². The van der Waals surface area contributed by atoms with Crippen molar-refractivity contribution in [2.75, 3.05) is 50.7 Å². The molecule has 2 aliphatic rings. The van der Waals surface area contributed by atoms with Gasteiger partial charge in [-0.25, -0.2) is 4.98 Å². The molecule has 1 spiro atoms. The summed E-state index contributed by atoms with van der Waals surface area (Å²) in [6.45, 7) is 2.86. The molecule has 2 aliphatic heterocycles. The molecule has 4 rings (SSSR count). The molecule has 3 heterocycles. The van der Waals surface area contributed by atoms with Gasteiger partial charge in [0.15, 0.2) is 17.3 Å². The number of pyridine rings is 1. The lowest BCUT2D eigenvalue weighted by atomic mass is 10.0. The molecule has 0 unspecified atom stereocenters. The predicted molar refractivity (Wildman–Crippen MR) is 108 cm³/mol. The topological polar surface area (TPSA) is 82.2 Å². The SMILES string of the molecule is COc1ccc(NC(=O)c2ccnc(N3CCC4(CC3)OCCO4)c2)cc1OC. The van der Waals surface area contributed by atoms with Gasteiger partial charge in [0.2, 0.25) is 0 Å². The highest BCUT2D eigenvalue weighted by atomic mass is 16.7. The van der Waals surface area contributed by atoms with Gasteiger partial charge in [-0.05, 0) is 24.3 Å². The fourth-order valence-corrected chi connectivity index (χ4v) is 3.71. The molecule has 154 valence electrons. The van der Waals surface area contributed by atoms with Gasteiger partial charge in [0.05, 0.1) is 27.4 Å². The van der Waals surface area contributed by atoms with Gasteiger partial charge in [0.1, 0.15) is 5.82 Å². The third-order valence-corrected chi connectivity index (χ3v) is 5.31. The van der Waals surface area contributed by atoms with Crippen molar-refractivity contribution in [1.29, 1.82) is 0 Å². The summed E-state index contributed by atoms with van der Waals surface area (Å²) in [5.74, 6) is 1.29. The molecule has 0 radical (unpaired) electrons. The van der Waals surface area contributed by atoms with Crippen molar-refractivity contribution < 1.29 is 23.7 Å². The van der Waals surface area contributed by atoms with Crippen LogP contribution in [0.15, 0.2) is 36.5 Å². The van der Waals surface area contributed by atoms with Crippen LogP contribution in [0.5, 0.6) is 11.5 Å². The molecule has 2 saturated heterocycles. The molecule has 2 fully saturated rings. The summed E-state index contributed by atoms with van der Waals surface area (Å²) in [6.07, 6.45) is 3.24. The summed E-state index contributed by atoms with van der Waals surface area (Å²) >= 11 is 0. The second-order valence-corrected chi connectivity index (χ2v) is 7.02. The third kappa shape index (κ3) is 4.13. The van der Waals surface area contributed by atoms with E-state index in [1.54, 1.807) is 44.7 Å². The van der Waals surface area contributed by atoms with Crippen LogP contribution in [-0.4, -0.2) is 57.2 Å². The van der Waals surface area contributed by atoms with E-state index in [-0.39, 0.29) is 5.91 Å². The summed E-state index contributed by atoms with van der Waals surface area (Å²) in [5.41, 5.74) is 1.17. The fraction of sp³-hybridized carbons (Fsp3) is 0.429. The van der Waals surface area contributed by atoms with Gasteiger partial charge >= 0.3 is 0 Å². The maximum atomic E-state index is 12.7. The number of piperidine rings is 1. The van der Waals surface area contributed by atoms with E-state index >= 15 is 0 Å². The second-order valence-electron chi connectivity index (χ2n) is 7.02. The first kappa shape index (κ1) is 19.5. The van der Waals surface area contributed by atoms with E-state index in [1.165, 1.54) is 0 Å². The average molecular weight is 399 g/mol. The molecule has 8 nitrogen and oxygen atoms in total. The molecule has 0 saturated carbocycles. The monoisotopic (exact) mass is 399 g/mol. The Kier molecular flexibility index (Phi) is 5.55. The lowest BCUT2D eigenvalue weighted by Gasteiger charge is -2.38. The minimum absolute atomic E-state index is 0.211. The van der Waals surface area contributed by atoms with Crippen LogP contribution in [0, 0.1) is 0 Å². The zero-order valence-electron chi connectivity index (χ0n) is 16.6. The first-order valence-corrected chi connectivity index (χ1v) is 9.65. The number of amides is 1. The highest BCUT2D eigenvalue weighted by Gasteiger charge is 2.40. The van der Waals surface area contributed by atoms with Gasteiger partial charge < -0.3 is 29.2 Å². The lowest BCUT2D eigenvalue weighted by Crippen LogP contribution is -2.45. The zero-order chi connectivity index (χ0) is 20.3. The van der Waals surface area contributed by atoms with E-state index in [9.17, 15) is 4.79 Å². The highest BCUT2D eigenvalue weighted by molar-refractivity contribution is 6.04. The Morgan fingerprint density at radius 1 is 1.07 bits per heavy atom. The third-order valence-electron chi connectivity index (χ3n) is 5.31. The Labute approximate surface area is 169 Å². The van der Waals surface area contributed by atoms with Crippen molar-refractivity contribution in [2.24, 2.45) is 0 Å². The van der Waals surface area contributed by atoms with Gasteiger partial charge in [0, 0.05) is 49.4 Å². The van der Waals surface area contributed by atoms with Gasteiger partial charge in [-0.15, -0.1) is 0 Å². The van der Waals surface area contributed by atoms with Crippen molar-refractivity contribution in [3.63, 3.8) is 0 Å². The highest BCUT2D eigenvalue weighted by Crippen LogP contribution is 2.33. The summed E-state index contributed by atoms with van der Waals surface area (Å²) in [5, 5.41) is 2.89. The summed E-state index contributed by atoms with van der Waals surface area (Å²) in [7, 11) is 3.13. The standard InChI is InChI=1S/C21H25N3O5/c1-26-17-4-3-16(14-18(17)27-2)23-20(25)15-5-8-22-19(13-15)24-9-6-21(7-10-24)28-11-12-29-21/h3-5,8,13-14H,6-7,9-12H2,1-2H3,(H,23,25). The van der Waals surface area contributed by atoms with Crippen LogP contribution in [0.4, 0.5) is 11.5 Å². The van der Waals surface area contributed by atoms with Gasteiger partial charge in [-0.3, -0.25) is 4.79 Å². The first-order valence-electron chi connectivity index (χ1n) is 9.65. The Bertz CT molecular complexity index is 872. The van der Waals surface area contributed by atoms with Crippen LogP contribution in [0.1, 0.15) is 23.2 Å². The normalized spacial score (nSPS) is 17.9. The largest absolute Gasteiger partial charge is 0.493 e. The number of carbonyl (C=O) groups excluding carboxylic acids is 1. The number of anilines is 2. The Hall–Kier alpha value is -2.84. The number of ether oxygens (including phenoxy) is 4. The molecule has 0 aliphatic carbocycles. The quantitative estimate of drug-likeness (QED) is 0.828. The number of hydrogen-bond acceptors (Lipinski definition) is 7. The summed E-state index contributed by atoms with van der Waals surface area (Å²) < 4.78 is 22.1. The number of methoxy groups -OCH3 is 2. The molecule has 2 aromatic rings. The molecule has 8 heteroatoms. The van der Waals surface area contributed by atoms with Crippen LogP contribution in [0.2, 0.25) is 0 Å². The number of benzene rings is 1. The van der Waals surface area contributed by atoms with Crippen LogP contribution >= 0.6 is 0 Å². The number of hydrogen-bond donors (Lipinski definition) is 1. The Morgan fingerprint density at radius 3 is 2.48 bits per heavy atom. The van der Waals surface area contributed by atoms with Crippen LogP contribution < -0.4 is 19.7 Å². The van der Waals surface area contributed by atoms with E-state index in [4.69, 9.17) is 18.9 Å². The Balaban J connectivity index is 1.44. The van der Waals surface area contributed by atoms with E-state index in [2.05, 4.69) is 15.2 Å². The van der Waals surface area contributed by atoms with Gasteiger partial charge in [0.25, 0.3) is 5.91 Å². The van der Waals surface area contributed by atoms with E-state index in [0.29, 0.717) is 36.0 Å². The number of nitrogens with one attached hydrogen (secondary N) is 1. The van der Waals surface area contributed by atoms with Gasteiger partial charge in [-0.2, -0.15) is 0 Å². The van der Waals surface area contributed by atoms with Crippen LogP contribution in [0.3, 0.4) is 0 Å². The maximum Gasteiger partial charge on any atom is 0.255 e.